The Labute approximate surface area is 326 Å². The lowest BCUT2D eigenvalue weighted by atomic mass is 9.93. The quantitative estimate of drug-likeness (QED) is 0.230. The molecule has 18 heteroatoms. The summed E-state index contributed by atoms with van der Waals surface area (Å²) in [6, 6.07) is 1.56. The lowest BCUT2D eigenvalue weighted by Crippen LogP contribution is -2.45. The number of urea groups is 1. The highest BCUT2D eigenvalue weighted by Gasteiger charge is 2.40. The molecule has 0 spiro atoms. The number of anilines is 4. The minimum absolute atomic E-state index is 0.00392. The van der Waals surface area contributed by atoms with Gasteiger partial charge in [-0.25, -0.2) is 18.6 Å². The van der Waals surface area contributed by atoms with Gasteiger partial charge in [-0.3, -0.25) is 14.9 Å². The Morgan fingerprint density at radius 2 is 1.70 bits per heavy atom. The number of likely N-dealkylation sites (N-methyl/N-ethyl adjacent to an activating group) is 2. The van der Waals surface area contributed by atoms with Crippen molar-refractivity contribution in [3.63, 3.8) is 0 Å². The standard InChI is InChI=1S/C39H45F2N11O5/c1-5-49-18-25(32(53)24-16-27(41)36(43-35(24)49)50-13-11-47(2)12-14-50)37-45-46-39(57-37)44-38(55)42-28-19-52(22-8-9-22)30-23(33(28)54)15-26(40)31(34(30)56-4)51-17-21-7-6-10-48(3)29(21)20-51/h15-16,18-19,21-22,29H,5-14,17,20H2,1-4H3,(H2,42,44,46,55). The van der Waals surface area contributed by atoms with Gasteiger partial charge in [0.05, 0.1) is 23.4 Å². The molecular formula is C39H45F2N11O5. The Bertz CT molecular complexity index is 2530. The molecule has 5 aromatic rings. The normalized spacial score (nSPS) is 20.4. The topological polar surface area (TPSA) is 159 Å². The minimum atomic E-state index is -0.871. The zero-order chi connectivity index (χ0) is 39.7. The van der Waals surface area contributed by atoms with Gasteiger partial charge in [0.15, 0.2) is 23.2 Å². The first-order valence-corrected chi connectivity index (χ1v) is 19.5. The third-order valence-corrected chi connectivity index (χ3v) is 12.0. The highest BCUT2D eigenvalue weighted by molar-refractivity contribution is 6.01. The maximum absolute atomic E-state index is 16.2. The van der Waals surface area contributed by atoms with E-state index in [1.165, 1.54) is 25.4 Å². The number of rotatable bonds is 8. The molecule has 3 saturated heterocycles. The molecule has 57 heavy (non-hydrogen) atoms. The van der Waals surface area contributed by atoms with E-state index in [2.05, 4.69) is 42.7 Å². The van der Waals surface area contributed by atoms with Crippen LogP contribution in [0.3, 0.4) is 0 Å². The number of piperidine rings is 1. The smallest absolute Gasteiger partial charge is 0.327 e. The predicted molar refractivity (Wildman–Crippen MR) is 212 cm³/mol. The molecule has 300 valence electrons. The number of methoxy groups -OCH3 is 1. The van der Waals surface area contributed by atoms with E-state index in [1.54, 1.807) is 10.8 Å². The van der Waals surface area contributed by atoms with Crippen LogP contribution in [0.1, 0.15) is 38.6 Å². The molecule has 7 heterocycles. The summed E-state index contributed by atoms with van der Waals surface area (Å²) in [4.78, 5) is 53.9. The van der Waals surface area contributed by atoms with E-state index in [9.17, 15) is 14.4 Å². The number of ether oxygens (including phenoxy) is 1. The second-order valence-electron chi connectivity index (χ2n) is 15.6. The fraction of sp³-hybridized carbons (Fsp3) is 0.487. The summed E-state index contributed by atoms with van der Waals surface area (Å²) in [7, 11) is 5.61. The van der Waals surface area contributed by atoms with Crippen LogP contribution in [0.5, 0.6) is 5.75 Å². The van der Waals surface area contributed by atoms with Crippen LogP contribution in [0.4, 0.5) is 36.8 Å². The van der Waals surface area contributed by atoms with Gasteiger partial charge in [0.2, 0.25) is 10.9 Å². The van der Waals surface area contributed by atoms with E-state index in [0.717, 1.165) is 45.3 Å². The largest absolute Gasteiger partial charge is 0.492 e. The average molecular weight is 786 g/mol. The zero-order valence-electron chi connectivity index (χ0n) is 32.3. The van der Waals surface area contributed by atoms with Crippen molar-refractivity contribution in [2.24, 2.45) is 5.92 Å². The number of piperazine rings is 1. The van der Waals surface area contributed by atoms with Crippen molar-refractivity contribution in [3.05, 3.63) is 56.6 Å². The van der Waals surface area contributed by atoms with Crippen molar-refractivity contribution in [1.82, 2.24) is 34.1 Å². The number of carbonyl (C=O) groups excluding carboxylic acids is 1. The van der Waals surface area contributed by atoms with Crippen LogP contribution in [0.2, 0.25) is 0 Å². The second kappa shape index (κ2) is 14.4. The summed E-state index contributed by atoms with van der Waals surface area (Å²) in [5, 5.41) is 13.0. The number of nitrogens with zero attached hydrogens (tertiary/aromatic N) is 9. The second-order valence-corrected chi connectivity index (χ2v) is 15.6. The highest BCUT2D eigenvalue weighted by atomic mass is 19.1. The van der Waals surface area contributed by atoms with Gasteiger partial charge in [0.1, 0.15) is 22.6 Å². The molecule has 0 bridgehead atoms. The lowest BCUT2D eigenvalue weighted by Gasteiger charge is -2.33. The van der Waals surface area contributed by atoms with Gasteiger partial charge in [-0.2, -0.15) is 0 Å². The van der Waals surface area contributed by atoms with Gasteiger partial charge < -0.3 is 43.2 Å². The third kappa shape index (κ3) is 6.53. The predicted octanol–water partition coefficient (Wildman–Crippen LogP) is 4.33. The Hall–Kier alpha value is -5.62. The monoisotopic (exact) mass is 785 g/mol. The number of carbonyl (C=O) groups is 1. The molecule has 2 amide bonds. The molecule has 2 unspecified atom stereocenters. The van der Waals surface area contributed by atoms with Crippen LogP contribution in [0, 0.1) is 17.6 Å². The van der Waals surface area contributed by atoms with Gasteiger partial charge >= 0.3 is 12.0 Å². The number of amides is 2. The maximum Gasteiger partial charge on any atom is 0.327 e. The number of halogens is 2. The number of benzene rings is 1. The fourth-order valence-electron chi connectivity index (χ4n) is 8.79. The SMILES string of the molecule is CCn1cc(-c2nnc(NC(=O)Nc3cn(C4CC4)c4c(OC)c(N5CC6CCCN(C)C6C5)c(F)cc4c3=O)o2)c(=O)c2cc(F)c(N3CCN(C)CC3)nc21. The molecule has 4 aliphatic rings. The molecule has 0 radical (unpaired) electrons. The molecule has 2 atom stereocenters. The molecule has 2 N–H and O–H groups in total. The minimum Gasteiger partial charge on any atom is -0.492 e. The number of aromatic nitrogens is 5. The molecule has 1 aromatic carbocycles. The Balaban J connectivity index is 0.985. The first-order valence-electron chi connectivity index (χ1n) is 19.5. The number of aryl methyl sites for hydroxylation is 1. The van der Waals surface area contributed by atoms with E-state index in [-0.39, 0.29) is 45.8 Å². The number of likely N-dealkylation sites (tertiary alicyclic amines) is 1. The Morgan fingerprint density at radius 3 is 2.42 bits per heavy atom. The van der Waals surface area contributed by atoms with Gasteiger partial charge in [-0.05, 0) is 71.3 Å². The van der Waals surface area contributed by atoms with Crippen molar-refractivity contribution >= 4 is 51.2 Å². The summed E-state index contributed by atoms with van der Waals surface area (Å²) >= 11 is 0. The van der Waals surface area contributed by atoms with Gasteiger partial charge in [0, 0.05) is 70.3 Å². The van der Waals surface area contributed by atoms with Gasteiger partial charge in [-0.1, -0.05) is 5.10 Å². The van der Waals surface area contributed by atoms with Crippen LogP contribution in [-0.2, 0) is 6.54 Å². The third-order valence-electron chi connectivity index (χ3n) is 12.0. The van der Waals surface area contributed by atoms with E-state index < -0.39 is 28.5 Å². The average Bonchev–Trinajstić information content (AvgIpc) is 3.79. The van der Waals surface area contributed by atoms with Crippen LogP contribution in [-0.4, -0.2) is 113 Å². The number of hydrogen-bond acceptors (Lipinski definition) is 12. The van der Waals surface area contributed by atoms with E-state index in [1.807, 2.05) is 28.3 Å². The molecular weight excluding hydrogens is 740 g/mol. The Morgan fingerprint density at radius 1 is 0.930 bits per heavy atom. The number of nitrogens with one attached hydrogen (secondary N) is 2. The van der Waals surface area contributed by atoms with E-state index in [4.69, 9.17) is 9.15 Å². The van der Waals surface area contributed by atoms with Crippen LogP contribution >= 0.6 is 0 Å². The van der Waals surface area contributed by atoms with Crippen molar-refractivity contribution in [1.29, 1.82) is 0 Å². The maximum atomic E-state index is 16.2. The van der Waals surface area contributed by atoms with Crippen LogP contribution in [0.25, 0.3) is 33.4 Å². The first-order chi connectivity index (χ1) is 27.5. The summed E-state index contributed by atoms with van der Waals surface area (Å²) in [6.07, 6.45) is 6.95. The zero-order valence-corrected chi connectivity index (χ0v) is 32.3. The Kier molecular flexibility index (Phi) is 9.34. The van der Waals surface area contributed by atoms with Crippen molar-refractivity contribution in [2.75, 3.05) is 87.5 Å². The molecule has 16 nitrogen and oxygen atoms in total. The van der Waals surface area contributed by atoms with Crippen molar-refractivity contribution < 1.29 is 22.7 Å². The van der Waals surface area contributed by atoms with Gasteiger partial charge in [-0.15, -0.1) is 5.10 Å². The van der Waals surface area contributed by atoms with E-state index in [0.29, 0.717) is 67.3 Å². The molecule has 4 fully saturated rings. The highest BCUT2D eigenvalue weighted by Crippen LogP contribution is 2.46. The van der Waals surface area contributed by atoms with Crippen LogP contribution < -0.4 is 36.0 Å². The summed E-state index contributed by atoms with van der Waals surface area (Å²) in [5.74, 6) is -0.468. The molecule has 4 aromatic heterocycles. The van der Waals surface area contributed by atoms with Gasteiger partial charge in [0.25, 0.3) is 5.89 Å². The van der Waals surface area contributed by atoms with Crippen LogP contribution in [0.15, 0.2) is 38.5 Å². The molecule has 3 aliphatic heterocycles. The molecule has 1 saturated carbocycles. The summed E-state index contributed by atoms with van der Waals surface area (Å²) in [5.41, 5.74) is -0.0897. The lowest BCUT2D eigenvalue weighted by molar-refractivity contribution is 0.158. The molecule has 1 aliphatic carbocycles. The summed E-state index contributed by atoms with van der Waals surface area (Å²) in [6.45, 7) is 7.38. The van der Waals surface area contributed by atoms with E-state index >= 15 is 8.78 Å². The number of pyridine rings is 3. The number of hydrogen-bond donors (Lipinski definition) is 2. The molecule has 9 rings (SSSR count). The van der Waals surface area contributed by atoms with Crippen molar-refractivity contribution in [2.45, 2.75) is 51.2 Å². The van der Waals surface area contributed by atoms with Crippen molar-refractivity contribution in [3.8, 4) is 17.2 Å². The fourth-order valence-corrected chi connectivity index (χ4v) is 8.79. The summed E-state index contributed by atoms with van der Waals surface area (Å²) < 4.78 is 46.8. The first kappa shape index (κ1) is 37.0. The number of fused-ring (bicyclic) bond motifs is 3.